The van der Waals surface area contributed by atoms with Crippen molar-refractivity contribution >= 4 is 28.4 Å². The van der Waals surface area contributed by atoms with Crippen LogP contribution in [0.15, 0.2) is 49.3 Å². The van der Waals surface area contributed by atoms with E-state index in [-0.39, 0.29) is 17.4 Å². The van der Waals surface area contributed by atoms with Gasteiger partial charge in [-0.15, -0.1) is 0 Å². The number of hydrogen-bond acceptors (Lipinski definition) is 4. The first-order valence-electron chi connectivity index (χ1n) is 11.5. The summed E-state index contributed by atoms with van der Waals surface area (Å²) < 4.78 is 2.15. The van der Waals surface area contributed by atoms with Crippen LogP contribution in [0.5, 0.6) is 0 Å². The molecule has 4 aromatic rings. The molecule has 2 fully saturated rings. The van der Waals surface area contributed by atoms with Gasteiger partial charge in [0.2, 0.25) is 5.91 Å². The van der Waals surface area contributed by atoms with Gasteiger partial charge >= 0.3 is 0 Å². The first-order chi connectivity index (χ1) is 16.4. The first-order valence-corrected chi connectivity index (χ1v) is 11.8. The van der Waals surface area contributed by atoms with Crippen LogP contribution in [0.4, 0.5) is 0 Å². The van der Waals surface area contributed by atoms with E-state index >= 15 is 0 Å². The highest BCUT2D eigenvalue weighted by atomic mass is 35.5. The number of nitrogens with zero attached hydrogens (tertiary/aromatic N) is 5. The normalized spacial score (nSPS) is 17.1. The molecule has 0 atom stereocenters. The molecule has 1 saturated carbocycles. The highest BCUT2D eigenvalue weighted by Crippen LogP contribution is 2.55. The van der Waals surface area contributed by atoms with Crippen molar-refractivity contribution in [3.05, 3.63) is 65.6 Å². The van der Waals surface area contributed by atoms with Crippen LogP contribution in [0.3, 0.4) is 0 Å². The molecule has 2 aliphatic rings. The maximum atomic E-state index is 11.9. The maximum Gasteiger partial charge on any atom is 0.245 e. The van der Waals surface area contributed by atoms with E-state index in [1.807, 2.05) is 42.3 Å². The van der Waals surface area contributed by atoms with Gasteiger partial charge in [-0.2, -0.15) is 10.2 Å². The Hall–Kier alpha value is -3.45. The summed E-state index contributed by atoms with van der Waals surface area (Å²) in [5.41, 5.74) is 6.77. The van der Waals surface area contributed by atoms with Crippen molar-refractivity contribution in [2.75, 3.05) is 13.1 Å². The van der Waals surface area contributed by atoms with Crippen LogP contribution in [0, 0.1) is 19.3 Å². The number of amides is 1. The molecule has 1 N–H and O–H groups in total. The van der Waals surface area contributed by atoms with E-state index in [2.05, 4.69) is 33.4 Å². The quantitative estimate of drug-likeness (QED) is 0.418. The average molecular weight is 473 g/mol. The van der Waals surface area contributed by atoms with E-state index in [1.165, 1.54) is 6.08 Å². The number of H-pyrrole nitrogens is 1. The third-order valence-corrected chi connectivity index (χ3v) is 7.88. The van der Waals surface area contributed by atoms with Crippen LogP contribution < -0.4 is 0 Å². The molecule has 1 aliphatic heterocycles. The fourth-order valence-corrected chi connectivity index (χ4v) is 5.97. The van der Waals surface area contributed by atoms with Crippen molar-refractivity contribution in [2.45, 2.75) is 32.7 Å². The topological polar surface area (TPSA) is 79.7 Å². The number of aromatic nitrogens is 5. The van der Waals surface area contributed by atoms with Gasteiger partial charge in [-0.05, 0) is 56.5 Å². The van der Waals surface area contributed by atoms with E-state index in [4.69, 9.17) is 16.7 Å². The number of rotatable bonds is 4. The molecule has 3 aromatic heterocycles. The molecule has 6 rings (SSSR count). The van der Waals surface area contributed by atoms with Gasteiger partial charge < -0.3 is 4.90 Å². The first kappa shape index (κ1) is 21.1. The number of benzene rings is 1. The van der Waals surface area contributed by atoms with Crippen molar-refractivity contribution in [3.8, 4) is 22.5 Å². The van der Waals surface area contributed by atoms with Gasteiger partial charge in [0.05, 0.1) is 28.5 Å². The van der Waals surface area contributed by atoms with Gasteiger partial charge in [-0.1, -0.05) is 24.2 Å². The molecule has 0 radical (unpaired) electrons. The number of fused-ring (bicyclic) bond motifs is 1. The Morgan fingerprint density at radius 3 is 2.76 bits per heavy atom. The standard InChI is InChI=1S/C26H25ClN6O/c1-4-21(34)32-13-26(14-32)10-17(11-26)33-16(3)22(25(31-33)19-7-5-6-8-28-19)23-18-12-29-30-20(18)9-15(2)24(23)27/h4-9,12,17H,1,10-11,13-14H2,2-3H3,(H,29,30). The molecule has 0 bridgehead atoms. The number of halogens is 1. The molecule has 1 aromatic carbocycles. The van der Waals surface area contributed by atoms with Gasteiger partial charge in [0.15, 0.2) is 0 Å². The van der Waals surface area contributed by atoms with Crippen molar-refractivity contribution in [2.24, 2.45) is 5.41 Å². The molecular weight excluding hydrogens is 448 g/mol. The Morgan fingerprint density at radius 2 is 2.06 bits per heavy atom. The molecule has 1 aliphatic carbocycles. The van der Waals surface area contributed by atoms with E-state index in [0.29, 0.717) is 5.02 Å². The number of aromatic amines is 1. The summed E-state index contributed by atoms with van der Waals surface area (Å²) in [6.07, 6.45) is 7.01. The van der Waals surface area contributed by atoms with Crippen molar-refractivity contribution in [3.63, 3.8) is 0 Å². The Labute approximate surface area is 202 Å². The lowest BCUT2D eigenvalue weighted by Crippen LogP contribution is -2.63. The minimum absolute atomic E-state index is 0.0160. The van der Waals surface area contributed by atoms with Gasteiger partial charge in [-0.25, -0.2) is 0 Å². The molecule has 0 unspecified atom stereocenters. The third-order valence-electron chi connectivity index (χ3n) is 7.39. The minimum atomic E-state index is 0.0160. The predicted octanol–water partition coefficient (Wildman–Crippen LogP) is 5.11. The van der Waals surface area contributed by atoms with Crippen LogP contribution in [0.1, 0.15) is 30.1 Å². The van der Waals surface area contributed by atoms with Crippen LogP contribution in [0.2, 0.25) is 5.02 Å². The van der Waals surface area contributed by atoms with Gasteiger partial charge in [0.25, 0.3) is 0 Å². The highest BCUT2D eigenvalue weighted by Gasteiger charge is 2.54. The zero-order valence-corrected chi connectivity index (χ0v) is 19.9. The van der Waals surface area contributed by atoms with Crippen molar-refractivity contribution < 1.29 is 4.79 Å². The monoisotopic (exact) mass is 472 g/mol. The lowest BCUT2D eigenvalue weighted by atomic mass is 9.60. The Morgan fingerprint density at radius 1 is 1.26 bits per heavy atom. The molecule has 7 nitrogen and oxygen atoms in total. The summed E-state index contributed by atoms with van der Waals surface area (Å²) in [7, 11) is 0. The van der Waals surface area contributed by atoms with E-state index in [1.54, 1.807) is 6.20 Å². The summed E-state index contributed by atoms with van der Waals surface area (Å²) in [4.78, 5) is 18.4. The van der Waals surface area contributed by atoms with Gasteiger partial charge in [0, 0.05) is 46.9 Å². The summed E-state index contributed by atoms with van der Waals surface area (Å²) >= 11 is 6.92. The number of nitrogens with one attached hydrogen (secondary N) is 1. The number of hydrogen-bond donors (Lipinski definition) is 1. The molecule has 8 heteroatoms. The fraction of sp³-hybridized carbons (Fsp3) is 0.308. The molecule has 1 amide bonds. The fourth-order valence-electron chi connectivity index (χ4n) is 5.72. The smallest absolute Gasteiger partial charge is 0.245 e. The van der Waals surface area contributed by atoms with Crippen LogP contribution in [-0.4, -0.2) is 48.9 Å². The number of carbonyl (C=O) groups excluding carboxylic acids is 1. The van der Waals surface area contributed by atoms with Gasteiger partial charge in [0.1, 0.15) is 5.69 Å². The van der Waals surface area contributed by atoms with Gasteiger partial charge in [-0.3, -0.25) is 19.6 Å². The SMILES string of the molecule is C=CC(=O)N1CC2(CC(n3nc(-c4ccccn4)c(-c4c(Cl)c(C)cc5[nH]ncc45)c3C)C2)C1. The number of aryl methyl sites for hydroxylation is 1. The minimum Gasteiger partial charge on any atom is -0.338 e. The average Bonchev–Trinajstić information content (AvgIpc) is 3.38. The lowest BCUT2D eigenvalue weighted by molar-refractivity contribution is -0.149. The van der Waals surface area contributed by atoms with Crippen molar-refractivity contribution in [1.82, 2.24) is 29.9 Å². The second kappa shape index (κ2) is 7.53. The zero-order valence-electron chi connectivity index (χ0n) is 19.2. The molecule has 1 saturated heterocycles. The molecule has 172 valence electrons. The molecule has 1 spiro atoms. The third kappa shape index (κ3) is 3.03. The Balaban J connectivity index is 1.44. The number of pyridine rings is 1. The molecule has 34 heavy (non-hydrogen) atoms. The summed E-state index contributed by atoms with van der Waals surface area (Å²) in [6, 6.07) is 8.17. The predicted molar refractivity (Wildman–Crippen MR) is 133 cm³/mol. The molecule has 4 heterocycles. The van der Waals surface area contributed by atoms with E-state index < -0.39 is 0 Å². The number of carbonyl (C=O) groups is 1. The molecular formula is C26H25ClN6O. The summed E-state index contributed by atoms with van der Waals surface area (Å²) in [6.45, 7) is 9.32. The highest BCUT2D eigenvalue weighted by molar-refractivity contribution is 6.36. The number of likely N-dealkylation sites (tertiary alicyclic amines) is 1. The van der Waals surface area contributed by atoms with Crippen LogP contribution >= 0.6 is 11.6 Å². The van der Waals surface area contributed by atoms with E-state index in [0.717, 1.165) is 70.6 Å². The Bertz CT molecular complexity index is 1440. The summed E-state index contributed by atoms with van der Waals surface area (Å²) in [5.74, 6) is 0.0160. The summed E-state index contributed by atoms with van der Waals surface area (Å²) in [5, 5.41) is 14.1. The zero-order chi connectivity index (χ0) is 23.6. The second-order valence-corrected chi connectivity index (χ2v) is 10.0. The Kier molecular flexibility index (Phi) is 4.68. The van der Waals surface area contributed by atoms with Crippen LogP contribution in [-0.2, 0) is 4.79 Å². The maximum absolute atomic E-state index is 11.9. The van der Waals surface area contributed by atoms with E-state index in [9.17, 15) is 4.79 Å². The van der Waals surface area contributed by atoms with Crippen LogP contribution in [0.25, 0.3) is 33.4 Å². The largest absolute Gasteiger partial charge is 0.338 e. The van der Waals surface area contributed by atoms with Crippen molar-refractivity contribution in [1.29, 1.82) is 0 Å². The lowest BCUT2D eigenvalue weighted by Gasteiger charge is -2.58. The second-order valence-electron chi connectivity index (χ2n) is 9.64.